The molecule has 2 rings (SSSR count). The minimum Gasteiger partial charge on any atom is -0.462 e. The van der Waals surface area contributed by atoms with Gasteiger partial charge in [0.15, 0.2) is 0 Å². The molecule has 0 atom stereocenters. The largest absolute Gasteiger partial charge is 0.462 e. The molecule has 20 heavy (non-hydrogen) atoms. The van der Waals surface area contributed by atoms with E-state index in [1.807, 2.05) is 0 Å². The Morgan fingerprint density at radius 2 is 2.25 bits per heavy atom. The molecule has 1 N–H and O–H groups in total. The van der Waals surface area contributed by atoms with Crippen molar-refractivity contribution in [1.29, 1.82) is 0 Å². The Balaban J connectivity index is 2.29. The second-order valence-electron chi connectivity index (χ2n) is 4.95. The fraction of sp³-hybridized carbons (Fsp3) is 0.600. The van der Waals surface area contributed by atoms with E-state index in [1.165, 1.54) is 12.8 Å². The van der Waals surface area contributed by atoms with Crippen molar-refractivity contribution >= 4 is 11.8 Å². The van der Waals surface area contributed by atoms with Gasteiger partial charge < -0.3 is 14.7 Å². The summed E-state index contributed by atoms with van der Waals surface area (Å²) in [5.74, 6) is 0.281. The maximum Gasteiger partial charge on any atom is 0.341 e. The first-order chi connectivity index (χ1) is 9.77. The van der Waals surface area contributed by atoms with Crippen LogP contribution in [0.4, 0.5) is 5.82 Å². The fourth-order valence-electron chi connectivity index (χ4n) is 2.78. The van der Waals surface area contributed by atoms with Crippen molar-refractivity contribution < 1.29 is 14.6 Å². The fourth-order valence-corrected chi connectivity index (χ4v) is 2.78. The van der Waals surface area contributed by atoms with Crippen LogP contribution < -0.4 is 4.90 Å². The number of aromatic nitrogens is 1. The van der Waals surface area contributed by atoms with Crippen LogP contribution in [0, 0.1) is 0 Å². The van der Waals surface area contributed by atoms with Crippen LogP contribution in [0.15, 0.2) is 18.3 Å². The van der Waals surface area contributed by atoms with Crippen LogP contribution in [0.1, 0.15) is 43.0 Å². The lowest BCUT2D eigenvalue weighted by Gasteiger charge is -2.30. The highest BCUT2D eigenvalue weighted by Gasteiger charge is 2.27. The van der Waals surface area contributed by atoms with E-state index < -0.39 is 0 Å². The predicted octanol–water partition coefficient (Wildman–Crippen LogP) is 2.00. The number of aliphatic hydroxyl groups is 1. The zero-order valence-electron chi connectivity index (χ0n) is 11.9. The van der Waals surface area contributed by atoms with Crippen LogP contribution >= 0.6 is 0 Å². The number of hydrogen-bond donors (Lipinski definition) is 1. The molecule has 1 aliphatic rings. The molecule has 110 valence electrons. The molecule has 0 bridgehead atoms. The van der Waals surface area contributed by atoms with Crippen molar-refractivity contribution in [1.82, 2.24) is 4.98 Å². The molecule has 1 aliphatic carbocycles. The van der Waals surface area contributed by atoms with Crippen LogP contribution in [-0.4, -0.2) is 41.9 Å². The lowest BCUT2D eigenvalue weighted by Crippen LogP contribution is -2.37. The van der Waals surface area contributed by atoms with Crippen molar-refractivity contribution in [2.75, 3.05) is 24.7 Å². The number of anilines is 1. The van der Waals surface area contributed by atoms with E-state index in [2.05, 4.69) is 9.88 Å². The summed E-state index contributed by atoms with van der Waals surface area (Å²) >= 11 is 0. The molecule has 0 aromatic carbocycles. The molecule has 1 fully saturated rings. The molecule has 0 aliphatic heterocycles. The molecule has 0 saturated heterocycles. The first-order valence-electron chi connectivity index (χ1n) is 7.27. The zero-order chi connectivity index (χ0) is 14.4. The van der Waals surface area contributed by atoms with Gasteiger partial charge in [0.2, 0.25) is 0 Å². The molecule has 1 heterocycles. The molecule has 0 unspecified atom stereocenters. The Morgan fingerprint density at radius 3 is 2.90 bits per heavy atom. The van der Waals surface area contributed by atoms with Gasteiger partial charge in [-0.1, -0.05) is 12.8 Å². The molecular formula is C15H22N2O3. The summed E-state index contributed by atoms with van der Waals surface area (Å²) in [5.41, 5.74) is 0.481. The number of carbonyl (C=O) groups excluding carboxylic acids is 1. The van der Waals surface area contributed by atoms with Crippen LogP contribution in [0.3, 0.4) is 0 Å². The first-order valence-corrected chi connectivity index (χ1v) is 7.27. The van der Waals surface area contributed by atoms with Gasteiger partial charge in [0.25, 0.3) is 0 Å². The van der Waals surface area contributed by atoms with Crippen LogP contribution in [0.5, 0.6) is 0 Å². The zero-order valence-corrected chi connectivity index (χ0v) is 11.9. The van der Waals surface area contributed by atoms with Crippen molar-refractivity contribution in [2.24, 2.45) is 0 Å². The van der Waals surface area contributed by atoms with Crippen LogP contribution in [0.2, 0.25) is 0 Å². The second-order valence-corrected chi connectivity index (χ2v) is 4.95. The summed E-state index contributed by atoms with van der Waals surface area (Å²) in [6.45, 7) is 2.68. The molecule has 0 amide bonds. The topological polar surface area (TPSA) is 62.7 Å². The number of rotatable bonds is 6. The Labute approximate surface area is 119 Å². The maximum atomic E-state index is 12.0. The summed E-state index contributed by atoms with van der Waals surface area (Å²) in [6, 6.07) is 3.83. The Hall–Kier alpha value is -1.62. The van der Waals surface area contributed by atoms with Crippen LogP contribution in [0.25, 0.3) is 0 Å². The number of carbonyl (C=O) groups is 1. The first kappa shape index (κ1) is 14.8. The molecule has 5 heteroatoms. The van der Waals surface area contributed by atoms with E-state index in [0.29, 0.717) is 30.6 Å². The SMILES string of the molecule is CCOC(=O)c1cccnc1N(CCO)C1CCCC1. The van der Waals surface area contributed by atoms with Gasteiger partial charge in [-0.2, -0.15) is 0 Å². The van der Waals surface area contributed by atoms with Crippen molar-refractivity contribution in [3.63, 3.8) is 0 Å². The minimum atomic E-state index is -0.350. The van der Waals surface area contributed by atoms with E-state index in [1.54, 1.807) is 25.3 Å². The highest BCUT2D eigenvalue weighted by atomic mass is 16.5. The van der Waals surface area contributed by atoms with Gasteiger partial charge in [-0.15, -0.1) is 0 Å². The number of esters is 1. The lowest BCUT2D eigenvalue weighted by atomic mass is 10.1. The number of pyridine rings is 1. The average molecular weight is 278 g/mol. The molecule has 0 spiro atoms. The van der Waals surface area contributed by atoms with E-state index in [9.17, 15) is 9.90 Å². The quantitative estimate of drug-likeness (QED) is 0.806. The van der Waals surface area contributed by atoms with Gasteiger partial charge in [-0.3, -0.25) is 0 Å². The number of nitrogens with zero attached hydrogens (tertiary/aromatic N) is 2. The normalized spacial score (nSPS) is 15.3. The van der Waals surface area contributed by atoms with E-state index in [-0.39, 0.29) is 12.6 Å². The van der Waals surface area contributed by atoms with Gasteiger partial charge in [-0.05, 0) is 31.9 Å². The molecule has 0 radical (unpaired) electrons. The average Bonchev–Trinajstić information content (AvgIpc) is 2.99. The summed E-state index contributed by atoms with van der Waals surface area (Å²) in [6.07, 6.45) is 6.22. The third kappa shape index (κ3) is 3.28. The summed E-state index contributed by atoms with van der Waals surface area (Å²) in [7, 11) is 0. The monoisotopic (exact) mass is 278 g/mol. The predicted molar refractivity (Wildman–Crippen MR) is 76.9 cm³/mol. The Bertz CT molecular complexity index is 444. The molecule has 5 nitrogen and oxygen atoms in total. The third-order valence-electron chi connectivity index (χ3n) is 3.66. The Kier molecular flexibility index (Phi) is 5.35. The highest BCUT2D eigenvalue weighted by molar-refractivity contribution is 5.94. The third-order valence-corrected chi connectivity index (χ3v) is 3.66. The highest BCUT2D eigenvalue weighted by Crippen LogP contribution is 2.29. The van der Waals surface area contributed by atoms with Crippen LogP contribution in [-0.2, 0) is 4.74 Å². The number of hydrogen-bond acceptors (Lipinski definition) is 5. The molecular weight excluding hydrogens is 256 g/mol. The molecule has 1 saturated carbocycles. The maximum absolute atomic E-state index is 12.0. The molecule has 1 aromatic heterocycles. The van der Waals surface area contributed by atoms with Crippen molar-refractivity contribution in [3.8, 4) is 0 Å². The van der Waals surface area contributed by atoms with Gasteiger partial charge in [0, 0.05) is 18.8 Å². The Morgan fingerprint density at radius 1 is 1.50 bits per heavy atom. The molecule has 1 aromatic rings. The lowest BCUT2D eigenvalue weighted by molar-refractivity contribution is 0.0526. The van der Waals surface area contributed by atoms with E-state index >= 15 is 0 Å². The van der Waals surface area contributed by atoms with Gasteiger partial charge in [0.1, 0.15) is 11.4 Å². The second kappa shape index (κ2) is 7.24. The number of ether oxygens (including phenoxy) is 1. The standard InChI is InChI=1S/C15H22N2O3/c1-2-20-15(19)13-8-5-9-16-14(13)17(10-11-18)12-6-3-4-7-12/h5,8-9,12,18H,2-4,6-7,10-11H2,1H3. The van der Waals surface area contributed by atoms with Gasteiger partial charge in [0.05, 0.1) is 13.2 Å². The smallest absolute Gasteiger partial charge is 0.341 e. The van der Waals surface area contributed by atoms with Crippen molar-refractivity contribution in [3.05, 3.63) is 23.9 Å². The minimum absolute atomic E-state index is 0.0509. The van der Waals surface area contributed by atoms with Gasteiger partial charge in [-0.25, -0.2) is 9.78 Å². The number of aliphatic hydroxyl groups excluding tert-OH is 1. The van der Waals surface area contributed by atoms with Gasteiger partial charge >= 0.3 is 5.97 Å². The summed E-state index contributed by atoms with van der Waals surface area (Å²) < 4.78 is 5.09. The van der Waals surface area contributed by atoms with E-state index in [0.717, 1.165) is 12.8 Å². The summed E-state index contributed by atoms with van der Waals surface area (Å²) in [5, 5.41) is 9.31. The summed E-state index contributed by atoms with van der Waals surface area (Å²) in [4.78, 5) is 18.5. The van der Waals surface area contributed by atoms with Crippen molar-refractivity contribution in [2.45, 2.75) is 38.6 Å². The van der Waals surface area contributed by atoms with E-state index in [4.69, 9.17) is 4.74 Å².